The van der Waals surface area contributed by atoms with Crippen molar-refractivity contribution in [3.63, 3.8) is 0 Å². The minimum Gasteiger partial charge on any atom is -0.371 e. The molecule has 0 aromatic heterocycles. The number of nitrogens with one attached hydrogen (secondary N) is 1. The molecule has 2 nitrogen and oxygen atoms in total. The first kappa shape index (κ1) is 13.8. The molecule has 0 heterocycles. The van der Waals surface area contributed by atoms with Gasteiger partial charge in [-0.3, -0.25) is 0 Å². The van der Waals surface area contributed by atoms with Crippen molar-refractivity contribution in [3.8, 4) is 0 Å². The zero-order chi connectivity index (χ0) is 12.0. The van der Waals surface area contributed by atoms with Crippen LogP contribution in [-0.4, -0.2) is 32.0 Å². The Kier molecular flexibility index (Phi) is 5.55. The molecule has 0 saturated heterocycles. The van der Waals surface area contributed by atoms with Gasteiger partial charge in [-0.05, 0) is 25.7 Å². The maximum Gasteiger partial charge on any atom is 0.411 e. The molecule has 1 unspecified atom stereocenters. The summed E-state index contributed by atoms with van der Waals surface area (Å²) in [5, 5.41) is 3.22. The van der Waals surface area contributed by atoms with Crippen molar-refractivity contribution in [2.45, 2.75) is 44.8 Å². The summed E-state index contributed by atoms with van der Waals surface area (Å²) < 4.78 is 39.7. The highest BCUT2D eigenvalue weighted by Gasteiger charge is 2.27. The monoisotopic (exact) mass is 239 g/mol. The number of hydrogen-bond acceptors (Lipinski definition) is 2. The van der Waals surface area contributed by atoms with E-state index in [1.807, 2.05) is 0 Å². The Morgan fingerprint density at radius 2 is 1.94 bits per heavy atom. The van der Waals surface area contributed by atoms with Gasteiger partial charge in [-0.1, -0.05) is 12.8 Å². The average molecular weight is 239 g/mol. The van der Waals surface area contributed by atoms with Crippen LogP contribution in [0.25, 0.3) is 0 Å². The molecule has 1 N–H and O–H groups in total. The van der Waals surface area contributed by atoms with Gasteiger partial charge in [-0.25, -0.2) is 0 Å². The molecule has 1 atom stereocenters. The summed E-state index contributed by atoms with van der Waals surface area (Å²) in [5.74, 6) is 0.683. The Hall–Kier alpha value is -0.290. The number of alkyl halides is 3. The second kappa shape index (κ2) is 6.45. The Labute approximate surface area is 94.5 Å². The van der Waals surface area contributed by atoms with E-state index in [1.165, 1.54) is 25.7 Å². The van der Waals surface area contributed by atoms with Gasteiger partial charge in [-0.15, -0.1) is 0 Å². The zero-order valence-corrected chi connectivity index (χ0v) is 9.65. The molecule has 16 heavy (non-hydrogen) atoms. The predicted molar refractivity (Wildman–Crippen MR) is 56.3 cm³/mol. The third kappa shape index (κ3) is 5.70. The van der Waals surface area contributed by atoms with Crippen LogP contribution in [-0.2, 0) is 4.74 Å². The lowest BCUT2D eigenvalue weighted by molar-refractivity contribution is -0.173. The average Bonchev–Trinajstić information content (AvgIpc) is 2.67. The molecule has 1 rings (SSSR count). The van der Waals surface area contributed by atoms with Crippen LogP contribution in [0.2, 0.25) is 0 Å². The van der Waals surface area contributed by atoms with Crippen LogP contribution in [0.4, 0.5) is 13.2 Å². The van der Waals surface area contributed by atoms with Crippen LogP contribution in [0.15, 0.2) is 0 Å². The molecule has 96 valence electrons. The van der Waals surface area contributed by atoms with Gasteiger partial charge in [0.15, 0.2) is 0 Å². The van der Waals surface area contributed by atoms with Crippen LogP contribution >= 0.6 is 0 Å². The van der Waals surface area contributed by atoms with Gasteiger partial charge in [0.25, 0.3) is 0 Å². The van der Waals surface area contributed by atoms with Gasteiger partial charge in [0.2, 0.25) is 0 Å². The highest BCUT2D eigenvalue weighted by Crippen LogP contribution is 2.27. The van der Waals surface area contributed by atoms with Crippen LogP contribution in [0, 0.1) is 5.92 Å². The molecule has 5 heteroatoms. The first-order valence-corrected chi connectivity index (χ1v) is 5.87. The van der Waals surface area contributed by atoms with Crippen molar-refractivity contribution < 1.29 is 17.9 Å². The highest BCUT2D eigenvalue weighted by atomic mass is 19.4. The van der Waals surface area contributed by atoms with E-state index in [2.05, 4.69) is 17.0 Å². The van der Waals surface area contributed by atoms with Crippen LogP contribution in [0.3, 0.4) is 0 Å². The normalized spacial score (nSPS) is 20.2. The molecule has 0 aromatic carbocycles. The van der Waals surface area contributed by atoms with Crippen molar-refractivity contribution in [1.82, 2.24) is 5.32 Å². The van der Waals surface area contributed by atoms with E-state index < -0.39 is 12.8 Å². The molecular weight excluding hydrogens is 219 g/mol. The fourth-order valence-corrected chi connectivity index (χ4v) is 2.17. The van der Waals surface area contributed by atoms with E-state index in [1.54, 1.807) is 0 Å². The molecule has 0 aromatic rings. The Bertz CT molecular complexity index is 190. The van der Waals surface area contributed by atoms with E-state index in [-0.39, 0.29) is 6.61 Å². The van der Waals surface area contributed by atoms with Gasteiger partial charge in [0.1, 0.15) is 6.61 Å². The third-order valence-corrected chi connectivity index (χ3v) is 3.09. The lowest BCUT2D eigenvalue weighted by atomic mass is 10.00. The summed E-state index contributed by atoms with van der Waals surface area (Å²) >= 11 is 0. The first-order chi connectivity index (χ1) is 7.49. The second-order valence-corrected chi connectivity index (χ2v) is 4.46. The van der Waals surface area contributed by atoms with Crippen molar-refractivity contribution in [2.75, 3.05) is 19.8 Å². The third-order valence-electron chi connectivity index (χ3n) is 3.09. The molecule has 1 aliphatic carbocycles. The standard InChI is InChI=1S/C11H20F3NO/c1-9(10-4-2-3-5-10)15-6-7-16-8-11(12,13)14/h9-10,15H,2-8H2,1H3. The largest absolute Gasteiger partial charge is 0.411 e. The van der Waals surface area contributed by atoms with Gasteiger partial charge >= 0.3 is 6.18 Å². The SMILES string of the molecule is CC(NCCOCC(F)(F)F)C1CCCC1. The van der Waals surface area contributed by atoms with Crippen LogP contribution in [0.1, 0.15) is 32.6 Å². The van der Waals surface area contributed by atoms with Crippen LogP contribution < -0.4 is 5.32 Å². The topological polar surface area (TPSA) is 21.3 Å². The van der Waals surface area contributed by atoms with E-state index in [0.29, 0.717) is 18.5 Å². The van der Waals surface area contributed by atoms with Crippen molar-refractivity contribution in [2.24, 2.45) is 5.92 Å². The maximum absolute atomic E-state index is 11.7. The van der Waals surface area contributed by atoms with Crippen LogP contribution in [0.5, 0.6) is 0 Å². The number of halogens is 3. The highest BCUT2D eigenvalue weighted by molar-refractivity contribution is 4.76. The molecule has 0 amide bonds. The second-order valence-electron chi connectivity index (χ2n) is 4.46. The molecule has 0 aliphatic heterocycles. The van der Waals surface area contributed by atoms with E-state index in [4.69, 9.17) is 0 Å². The molecule has 0 spiro atoms. The van der Waals surface area contributed by atoms with E-state index in [0.717, 1.165) is 0 Å². The molecule has 1 aliphatic rings. The first-order valence-electron chi connectivity index (χ1n) is 5.87. The van der Waals surface area contributed by atoms with Gasteiger partial charge < -0.3 is 10.1 Å². The molecule has 1 saturated carbocycles. The predicted octanol–water partition coefficient (Wildman–Crippen LogP) is 2.73. The number of hydrogen-bond donors (Lipinski definition) is 1. The summed E-state index contributed by atoms with van der Waals surface area (Å²) in [4.78, 5) is 0. The van der Waals surface area contributed by atoms with Crippen molar-refractivity contribution in [3.05, 3.63) is 0 Å². The van der Waals surface area contributed by atoms with Crippen molar-refractivity contribution >= 4 is 0 Å². The van der Waals surface area contributed by atoms with E-state index in [9.17, 15) is 13.2 Å². The minimum atomic E-state index is -4.21. The smallest absolute Gasteiger partial charge is 0.371 e. The number of ether oxygens (including phenoxy) is 1. The minimum absolute atomic E-state index is 0.122. The summed E-state index contributed by atoms with van der Waals surface area (Å²) in [6.07, 6.45) is 0.814. The van der Waals surface area contributed by atoms with Gasteiger partial charge in [-0.2, -0.15) is 13.2 Å². The lowest BCUT2D eigenvalue weighted by Crippen LogP contribution is -2.35. The quantitative estimate of drug-likeness (QED) is 0.720. The summed E-state index contributed by atoms with van der Waals surface area (Å²) in [7, 11) is 0. The Morgan fingerprint density at radius 3 is 2.50 bits per heavy atom. The number of rotatable bonds is 6. The summed E-state index contributed by atoms with van der Waals surface area (Å²) in [6, 6.07) is 0.386. The molecule has 0 radical (unpaired) electrons. The van der Waals surface area contributed by atoms with Gasteiger partial charge in [0, 0.05) is 12.6 Å². The van der Waals surface area contributed by atoms with Crippen molar-refractivity contribution in [1.29, 1.82) is 0 Å². The van der Waals surface area contributed by atoms with Gasteiger partial charge in [0.05, 0.1) is 6.61 Å². The molecular formula is C11H20F3NO. The fraction of sp³-hybridized carbons (Fsp3) is 1.00. The van der Waals surface area contributed by atoms with E-state index >= 15 is 0 Å². The Morgan fingerprint density at radius 1 is 1.31 bits per heavy atom. The maximum atomic E-state index is 11.7. The lowest BCUT2D eigenvalue weighted by Gasteiger charge is -2.20. The summed E-state index contributed by atoms with van der Waals surface area (Å²) in [5.41, 5.74) is 0. The molecule has 0 bridgehead atoms. The fourth-order valence-electron chi connectivity index (χ4n) is 2.17. The summed E-state index contributed by atoms with van der Waals surface area (Å²) in [6.45, 7) is 1.57. The zero-order valence-electron chi connectivity index (χ0n) is 9.65. The Balaban J connectivity index is 1.98. The molecule has 1 fully saturated rings.